The van der Waals surface area contributed by atoms with Crippen LogP contribution in [0.25, 0.3) is 27.7 Å². The summed E-state index contributed by atoms with van der Waals surface area (Å²) in [4.78, 5) is 12.1. The van der Waals surface area contributed by atoms with Gasteiger partial charge in [0.2, 0.25) is 5.52 Å². The van der Waals surface area contributed by atoms with Crippen LogP contribution in [0.3, 0.4) is 0 Å². The number of para-hydroxylation sites is 1. The lowest BCUT2D eigenvalue weighted by Gasteiger charge is -1.99. The van der Waals surface area contributed by atoms with Gasteiger partial charge < -0.3 is 4.42 Å². The molecule has 0 spiro atoms. The summed E-state index contributed by atoms with van der Waals surface area (Å²) >= 11 is 0. The van der Waals surface area contributed by atoms with Gasteiger partial charge in [0.05, 0.1) is 12.4 Å². The summed E-state index contributed by atoms with van der Waals surface area (Å²) in [5, 5.41) is 1.49. The standard InChI is InChI=1S/C17H13N2O2/c1-18-11-19(12-7-3-2-4-8-12)15-13-9-5-6-10-14(13)17(20)21-16(15)18/h2-11H,1H3/q+1. The van der Waals surface area contributed by atoms with Crippen molar-refractivity contribution in [3.05, 3.63) is 71.3 Å². The van der Waals surface area contributed by atoms with E-state index >= 15 is 0 Å². The minimum Gasteiger partial charge on any atom is -0.383 e. The van der Waals surface area contributed by atoms with Crippen molar-refractivity contribution in [3.8, 4) is 5.69 Å². The van der Waals surface area contributed by atoms with E-state index in [2.05, 4.69) is 0 Å². The molecule has 0 saturated heterocycles. The second kappa shape index (κ2) is 4.31. The minimum atomic E-state index is -0.306. The molecule has 0 bridgehead atoms. The van der Waals surface area contributed by atoms with Gasteiger partial charge in [0.25, 0.3) is 6.33 Å². The Bertz CT molecular complexity index is 1010. The normalized spacial score (nSPS) is 11.3. The lowest BCUT2D eigenvalue weighted by atomic mass is 10.1. The first-order valence-electron chi connectivity index (χ1n) is 6.73. The van der Waals surface area contributed by atoms with Crippen molar-refractivity contribution in [2.45, 2.75) is 0 Å². The summed E-state index contributed by atoms with van der Waals surface area (Å²) in [6.45, 7) is 0. The first kappa shape index (κ1) is 11.9. The summed E-state index contributed by atoms with van der Waals surface area (Å²) < 4.78 is 9.37. The van der Waals surface area contributed by atoms with E-state index in [1.54, 1.807) is 6.07 Å². The van der Waals surface area contributed by atoms with Crippen molar-refractivity contribution in [3.63, 3.8) is 0 Å². The summed E-state index contributed by atoms with van der Waals surface area (Å²) in [6.07, 6.45) is 1.93. The summed E-state index contributed by atoms with van der Waals surface area (Å²) in [5.41, 5.74) is 2.20. The molecule has 0 radical (unpaired) electrons. The molecule has 2 aromatic heterocycles. The largest absolute Gasteiger partial charge is 0.383 e. The Kier molecular flexibility index (Phi) is 2.44. The Balaban J connectivity index is 2.24. The Morgan fingerprint density at radius 3 is 2.38 bits per heavy atom. The van der Waals surface area contributed by atoms with Crippen molar-refractivity contribution in [1.29, 1.82) is 0 Å². The van der Waals surface area contributed by atoms with Crippen LogP contribution in [0.1, 0.15) is 0 Å². The molecule has 0 aliphatic carbocycles. The predicted octanol–water partition coefficient (Wildman–Crippen LogP) is 2.56. The van der Waals surface area contributed by atoms with Crippen LogP contribution >= 0.6 is 0 Å². The number of aryl methyl sites for hydroxylation is 1. The minimum absolute atomic E-state index is 0.306. The fourth-order valence-corrected chi connectivity index (χ4v) is 2.71. The molecule has 102 valence electrons. The highest BCUT2D eigenvalue weighted by Gasteiger charge is 2.21. The SMILES string of the molecule is C[n+]1cn(-c2ccccc2)c2c3ccccc3c(=O)oc21. The number of rotatable bonds is 1. The zero-order valence-electron chi connectivity index (χ0n) is 11.5. The predicted molar refractivity (Wildman–Crippen MR) is 80.5 cm³/mol. The van der Waals surface area contributed by atoms with Gasteiger partial charge in [-0.25, -0.2) is 9.36 Å². The van der Waals surface area contributed by atoms with Crippen molar-refractivity contribution < 1.29 is 8.98 Å². The molecule has 0 saturated carbocycles. The average Bonchev–Trinajstić information content (AvgIpc) is 2.86. The van der Waals surface area contributed by atoms with E-state index < -0.39 is 0 Å². The Morgan fingerprint density at radius 1 is 0.952 bits per heavy atom. The molecule has 2 heterocycles. The molecule has 4 aromatic rings. The molecule has 2 aromatic carbocycles. The van der Waals surface area contributed by atoms with Crippen molar-refractivity contribution in [2.75, 3.05) is 0 Å². The van der Waals surface area contributed by atoms with Gasteiger partial charge in [-0.15, -0.1) is 0 Å². The highest BCUT2D eigenvalue weighted by molar-refractivity contribution is 6.00. The first-order chi connectivity index (χ1) is 10.3. The fourth-order valence-electron chi connectivity index (χ4n) is 2.71. The number of fused-ring (bicyclic) bond motifs is 3. The quantitative estimate of drug-likeness (QED) is 0.502. The van der Waals surface area contributed by atoms with Crippen molar-refractivity contribution in [2.24, 2.45) is 7.05 Å². The zero-order valence-corrected chi connectivity index (χ0v) is 11.5. The Morgan fingerprint density at radius 2 is 1.62 bits per heavy atom. The van der Waals surface area contributed by atoms with Gasteiger partial charge in [0, 0.05) is 5.39 Å². The van der Waals surface area contributed by atoms with E-state index in [1.165, 1.54) is 0 Å². The second-order valence-corrected chi connectivity index (χ2v) is 5.02. The second-order valence-electron chi connectivity index (χ2n) is 5.02. The van der Waals surface area contributed by atoms with E-state index in [0.29, 0.717) is 11.1 Å². The maximum Gasteiger partial charge on any atom is 0.347 e. The Hall–Kier alpha value is -2.88. The van der Waals surface area contributed by atoms with E-state index in [1.807, 2.05) is 71.0 Å². The smallest absolute Gasteiger partial charge is 0.347 e. The van der Waals surface area contributed by atoms with Crippen LogP contribution in [-0.4, -0.2) is 4.57 Å². The molecule has 0 unspecified atom stereocenters. The molecule has 0 fully saturated rings. The number of hydrogen-bond acceptors (Lipinski definition) is 2. The van der Waals surface area contributed by atoms with E-state index in [4.69, 9.17) is 4.42 Å². The summed E-state index contributed by atoms with van der Waals surface area (Å²) in [6, 6.07) is 17.5. The molecule has 0 amide bonds. The number of nitrogens with zero attached hydrogens (tertiary/aromatic N) is 2. The van der Waals surface area contributed by atoms with Crippen LogP contribution in [0, 0.1) is 0 Å². The molecule has 4 nitrogen and oxygen atoms in total. The van der Waals surface area contributed by atoms with Crippen LogP contribution < -0.4 is 10.2 Å². The van der Waals surface area contributed by atoms with Gasteiger partial charge in [-0.3, -0.25) is 0 Å². The molecule has 4 rings (SSSR count). The average molecular weight is 277 g/mol. The van der Waals surface area contributed by atoms with Crippen molar-refractivity contribution in [1.82, 2.24) is 4.57 Å². The third kappa shape index (κ3) is 1.69. The molecular weight excluding hydrogens is 264 g/mol. The topological polar surface area (TPSA) is 39.0 Å². The summed E-state index contributed by atoms with van der Waals surface area (Å²) in [5.74, 6) is 0. The van der Waals surface area contributed by atoms with Crippen molar-refractivity contribution >= 4 is 22.0 Å². The lowest BCUT2D eigenvalue weighted by Crippen LogP contribution is -2.26. The first-order valence-corrected chi connectivity index (χ1v) is 6.73. The molecule has 4 heteroatoms. The lowest BCUT2D eigenvalue weighted by molar-refractivity contribution is -0.652. The maximum absolute atomic E-state index is 12.1. The summed E-state index contributed by atoms with van der Waals surface area (Å²) in [7, 11) is 1.87. The molecule has 21 heavy (non-hydrogen) atoms. The van der Waals surface area contributed by atoms with Gasteiger partial charge in [-0.2, -0.15) is 4.57 Å². The maximum atomic E-state index is 12.1. The Labute approximate surface area is 120 Å². The zero-order chi connectivity index (χ0) is 14.4. The van der Waals surface area contributed by atoms with E-state index in [9.17, 15) is 4.79 Å². The number of hydrogen-bond donors (Lipinski definition) is 0. The van der Waals surface area contributed by atoms with Gasteiger partial charge in [-0.1, -0.05) is 30.3 Å². The van der Waals surface area contributed by atoms with Crippen LogP contribution in [-0.2, 0) is 7.05 Å². The number of aromatic nitrogens is 2. The number of benzene rings is 2. The highest BCUT2D eigenvalue weighted by Crippen LogP contribution is 2.23. The van der Waals surface area contributed by atoms with E-state index in [0.717, 1.165) is 16.6 Å². The van der Waals surface area contributed by atoms with Gasteiger partial charge in [-0.05, 0) is 24.3 Å². The molecule has 0 aliphatic heterocycles. The molecule has 0 aliphatic rings. The molecule has 0 atom stereocenters. The number of imidazole rings is 1. The third-order valence-electron chi connectivity index (χ3n) is 3.68. The molecular formula is C17H13N2O2+. The van der Waals surface area contributed by atoms with E-state index in [-0.39, 0.29) is 5.63 Å². The highest BCUT2D eigenvalue weighted by atomic mass is 16.4. The van der Waals surface area contributed by atoms with Gasteiger partial charge in [0.1, 0.15) is 5.69 Å². The van der Waals surface area contributed by atoms with Crippen LogP contribution in [0.2, 0.25) is 0 Å². The van der Waals surface area contributed by atoms with Crippen LogP contribution in [0.15, 0.2) is 70.1 Å². The van der Waals surface area contributed by atoms with Crippen LogP contribution in [0.5, 0.6) is 0 Å². The molecule has 0 N–H and O–H groups in total. The van der Waals surface area contributed by atoms with Crippen LogP contribution in [0.4, 0.5) is 0 Å². The van der Waals surface area contributed by atoms with Gasteiger partial charge >= 0.3 is 11.3 Å². The third-order valence-corrected chi connectivity index (χ3v) is 3.68. The van der Waals surface area contributed by atoms with Gasteiger partial charge in [0.15, 0.2) is 0 Å². The fraction of sp³-hybridized carbons (Fsp3) is 0.0588. The monoisotopic (exact) mass is 277 g/mol.